The average molecular weight is 428 g/mol. The Kier molecular flexibility index (Phi) is 3.63. The molecule has 5 heterocycles. The molecule has 0 bridgehead atoms. The van der Waals surface area contributed by atoms with Crippen molar-refractivity contribution in [3.8, 4) is 5.82 Å². The molecule has 6 rings (SSSR count). The highest BCUT2D eigenvalue weighted by molar-refractivity contribution is 6.16. The highest BCUT2D eigenvalue weighted by atomic mass is 16.2. The van der Waals surface area contributed by atoms with Crippen LogP contribution in [-0.4, -0.2) is 48.1 Å². The maximum Gasteiger partial charge on any atom is 0.242 e. The Morgan fingerprint density at radius 3 is 2.81 bits per heavy atom. The SMILES string of the molecule is CCN1C(=O)[C@]2(CC(=O)Nc3c2c(C)nn3-c2ncnc3nc[nH]c23)c2cc(C)ccc21. The van der Waals surface area contributed by atoms with Crippen LogP contribution in [-0.2, 0) is 15.0 Å². The average Bonchev–Trinajstić information content (AvgIpc) is 3.43. The lowest BCUT2D eigenvalue weighted by Crippen LogP contribution is -2.47. The number of nitrogens with zero attached hydrogens (tertiary/aromatic N) is 6. The lowest BCUT2D eigenvalue weighted by atomic mass is 9.70. The second kappa shape index (κ2) is 6.22. The summed E-state index contributed by atoms with van der Waals surface area (Å²) in [6, 6.07) is 5.97. The molecule has 2 aliphatic rings. The van der Waals surface area contributed by atoms with Crippen molar-refractivity contribution >= 4 is 34.5 Å². The normalized spacial score (nSPS) is 19.5. The number of aromatic amines is 1. The molecule has 0 aliphatic carbocycles. The van der Waals surface area contributed by atoms with Crippen LogP contribution >= 0.6 is 0 Å². The van der Waals surface area contributed by atoms with Gasteiger partial charge in [0.15, 0.2) is 11.5 Å². The topological polar surface area (TPSA) is 122 Å². The molecule has 2 amide bonds. The van der Waals surface area contributed by atoms with Crippen molar-refractivity contribution in [3.05, 3.63) is 53.2 Å². The molecule has 0 unspecified atom stereocenters. The fraction of sp³-hybridized carbons (Fsp3) is 0.273. The van der Waals surface area contributed by atoms with E-state index in [9.17, 15) is 9.59 Å². The van der Waals surface area contributed by atoms with Crippen molar-refractivity contribution in [2.75, 3.05) is 16.8 Å². The molecule has 2 N–H and O–H groups in total. The van der Waals surface area contributed by atoms with Crippen molar-refractivity contribution in [1.29, 1.82) is 0 Å². The van der Waals surface area contributed by atoms with E-state index in [2.05, 4.69) is 25.3 Å². The number of aromatic nitrogens is 6. The van der Waals surface area contributed by atoms with Crippen LogP contribution in [0.2, 0.25) is 0 Å². The third-order valence-corrected chi connectivity index (χ3v) is 6.40. The molecule has 160 valence electrons. The number of anilines is 2. The summed E-state index contributed by atoms with van der Waals surface area (Å²) in [7, 11) is 0. The molecule has 1 spiro atoms. The lowest BCUT2D eigenvalue weighted by molar-refractivity contribution is -0.126. The van der Waals surface area contributed by atoms with Crippen molar-refractivity contribution in [3.63, 3.8) is 0 Å². The van der Waals surface area contributed by atoms with Crippen LogP contribution in [0, 0.1) is 13.8 Å². The summed E-state index contributed by atoms with van der Waals surface area (Å²) in [4.78, 5) is 44.5. The molecule has 0 saturated heterocycles. The van der Waals surface area contributed by atoms with E-state index >= 15 is 0 Å². The van der Waals surface area contributed by atoms with Gasteiger partial charge in [-0.05, 0) is 32.4 Å². The number of fused-ring (bicyclic) bond motifs is 5. The van der Waals surface area contributed by atoms with Gasteiger partial charge in [0.25, 0.3) is 0 Å². The van der Waals surface area contributed by atoms with E-state index in [4.69, 9.17) is 5.10 Å². The predicted octanol–water partition coefficient (Wildman–Crippen LogP) is 2.15. The minimum Gasteiger partial charge on any atom is -0.340 e. The van der Waals surface area contributed by atoms with Crippen molar-refractivity contribution in [2.24, 2.45) is 0 Å². The van der Waals surface area contributed by atoms with Gasteiger partial charge in [0.05, 0.1) is 12.0 Å². The van der Waals surface area contributed by atoms with E-state index in [1.165, 1.54) is 12.7 Å². The van der Waals surface area contributed by atoms with Gasteiger partial charge in [-0.2, -0.15) is 9.78 Å². The molecule has 1 atom stereocenters. The first kappa shape index (κ1) is 18.7. The Hall–Kier alpha value is -4.08. The quantitative estimate of drug-likeness (QED) is 0.505. The zero-order chi connectivity index (χ0) is 22.2. The number of rotatable bonds is 2. The fourth-order valence-corrected chi connectivity index (χ4v) is 5.13. The molecule has 0 radical (unpaired) electrons. The molecule has 2 aliphatic heterocycles. The Bertz CT molecular complexity index is 1450. The number of likely N-dealkylation sites (N-methyl/N-ethyl adjacent to an activating group) is 1. The summed E-state index contributed by atoms with van der Waals surface area (Å²) in [6.45, 7) is 6.30. The van der Waals surface area contributed by atoms with Crippen LogP contribution in [0.1, 0.15) is 35.7 Å². The molecule has 4 aromatic rings. The lowest BCUT2D eigenvalue weighted by Gasteiger charge is -2.33. The van der Waals surface area contributed by atoms with Gasteiger partial charge >= 0.3 is 0 Å². The van der Waals surface area contributed by atoms with Gasteiger partial charge in [0.2, 0.25) is 11.8 Å². The number of carbonyl (C=O) groups excluding carboxylic acids is 2. The van der Waals surface area contributed by atoms with E-state index in [-0.39, 0.29) is 18.2 Å². The number of aryl methyl sites for hydroxylation is 2. The molecule has 0 saturated carbocycles. The van der Waals surface area contributed by atoms with Crippen LogP contribution in [0.25, 0.3) is 17.0 Å². The fourth-order valence-electron chi connectivity index (χ4n) is 5.13. The predicted molar refractivity (Wildman–Crippen MR) is 117 cm³/mol. The zero-order valence-electron chi connectivity index (χ0n) is 17.8. The van der Waals surface area contributed by atoms with E-state index < -0.39 is 5.41 Å². The van der Waals surface area contributed by atoms with Crippen molar-refractivity contribution < 1.29 is 9.59 Å². The Balaban J connectivity index is 1.68. The van der Waals surface area contributed by atoms with Gasteiger partial charge < -0.3 is 15.2 Å². The molecular weight excluding hydrogens is 408 g/mol. The standard InChI is InChI=1S/C22H20N8O2/c1-4-29-14-6-5-11(2)7-13(14)22(21(29)32)8-15(31)27-19-16(22)12(3)28-30(19)20-17-18(24-9-23-17)25-10-26-20/h5-7,9-10H,4,8H2,1-3H3,(H,27,31)(H,23,24,25,26)/t22-/m1/s1. The first-order chi connectivity index (χ1) is 15.5. The van der Waals surface area contributed by atoms with Crippen LogP contribution in [0.15, 0.2) is 30.9 Å². The minimum atomic E-state index is -1.13. The van der Waals surface area contributed by atoms with Crippen LogP contribution in [0.4, 0.5) is 11.5 Å². The summed E-state index contributed by atoms with van der Waals surface area (Å²) in [5, 5.41) is 7.67. The van der Waals surface area contributed by atoms with Gasteiger partial charge in [-0.15, -0.1) is 0 Å². The van der Waals surface area contributed by atoms with Gasteiger partial charge in [0.1, 0.15) is 23.1 Å². The van der Waals surface area contributed by atoms with Gasteiger partial charge in [-0.1, -0.05) is 17.7 Å². The summed E-state index contributed by atoms with van der Waals surface area (Å²) in [5.74, 6) is 0.560. The minimum absolute atomic E-state index is 0.0293. The van der Waals surface area contributed by atoms with Gasteiger partial charge in [0, 0.05) is 24.2 Å². The van der Waals surface area contributed by atoms with Crippen LogP contribution < -0.4 is 10.2 Å². The molecule has 1 aromatic carbocycles. The monoisotopic (exact) mass is 428 g/mol. The van der Waals surface area contributed by atoms with E-state index in [0.717, 1.165) is 16.8 Å². The van der Waals surface area contributed by atoms with E-state index in [1.807, 2.05) is 39.0 Å². The second-order valence-electron chi connectivity index (χ2n) is 8.22. The second-order valence-corrected chi connectivity index (χ2v) is 8.22. The number of amides is 2. The number of hydrogen-bond acceptors (Lipinski definition) is 6. The molecule has 10 nitrogen and oxygen atoms in total. The summed E-state index contributed by atoms with van der Waals surface area (Å²) >= 11 is 0. The Morgan fingerprint density at radius 1 is 1.16 bits per heavy atom. The Labute approximate surface area is 182 Å². The smallest absolute Gasteiger partial charge is 0.242 e. The van der Waals surface area contributed by atoms with Crippen molar-refractivity contribution in [2.45, 2.75) is 32.6 Å². The number of benzene rings is 1. The third kappa shape index (κ3) is 2.18. The van der Waals surface area contributed by atoms with Gasteiger partial charge in [-0.25, -0.2) is 15.0 Å². The maximum absolute atomic E-state index is 13.9. The largest absolute Gasteiger partial charge is 0.340 e. The first-order valence-corrected chi connectivity index (χ1v) is 10.4. The molecule has 32 heavy (non-hydrogen) atoms. The summed E-state index contributed by atoms with van der Waals surface area (Å²) in [5.41, 5.74) is 4.03. The maximum atomic E-state index is 13.9. The highest BCUT2D eigenvalue weighted by Gasteiger charge is 2.57. The number of imidazole rings is 1. The zero-order valence-corrected chi connectivity index (χ0v) is 17.8. The van der Waals surface area contributed by atoms with Crippen molar-refractivity contribution in [1.82, 2.24) is 29.7 Å². The van der Waals surface area contributed by atoms with Crippen LogP contribution in [0.5, 0.6) is 0 Å². The number of carbonyl (C=O) groups is 2. The van der Waals surface area contributed by atoms with Gasteiger partial charge in [-0.3, -0.25) is 9.59 Å². The summed E-state index contributed by atoms with van der Waals surface area (Å²) in [6.07, 6.45) is 2.96. The molecule has 10 heteroatoms. The molecule has 0 fully saturated rings. The third-order valence-electron chi connectivity index (χ3n) is 6.40. The number of H-pyrrole nitrogens is 1. The summed E-state index contributed by atoms with van der Waals surface area (Å²) < 4.78 is 1.57. The van der Waals surface area contributed by atoms with Crippen LogP contribution in [0.3, 0.4) is 0 Å². The number of nitrogens with one attached hydrogen (secondary N) is 2. The highest BCUT2D eigenvalue weighted by Crippen LogP contribution is 2.53. The molecular formula is C22H20N8O2. The number of hydrogen-bond donors (Lipinski definition) is 2. The Morgan fingerprint density at radius 2 is 2.00 bits per heavy atom. The first-order valence-electron chi connectivity index (χ1n) is 10.4. The molecule has 3 aromatic heterocycles. The van der Waals surface area contributed by atoms with E-state index in [1.54, 1.807) is 9.58 Å². The van der Waals surface area contributed by atoms with E-state index in [0.29, 0.717) is 40.6 Å².